The summed E-state index contributed by atoms with van der Waals surface area (Å²) in [6, 6.07) is 5.93. The number of carbonyl (C=O) groups is 1. The van der Waals surface area contributed by atoms with Crippen LogP contribution in [-0.2, 0) is 0 Å². The van der Waals surface area contributed by atoms with E-state index in [-0.39, 0.29) is 5.91 Å². The van der Waals surface area contributed by atoms with Crippen molar-refractivity contribution in [2.75, 3.05) is 12.0 Å². The predicted octanol–water partition coefficient (Wildman–Crippen LogP) is 2.99. The average molecular weight is 303 g/mol. The molecule has 0 radical (unpaired) electrons. The van der Waals surface area contributed by atoms with E-state index in [2.05, 4.69) is 16.7 Å². The van der Waals surface area contributed by atoms with Crippen LogP contribution in [0.5, 0.6) is 0 Å². The van der Waals surface area contributed by atoms with Gasteiger partial charge in [0.05, 0.1) is 17.3 Å². The molecule has 1 N–H and O–H groups in total. The maximum absolute atomic E-state index is 12.5. The molecule has 1 saturated carbocycles. The molecule has 1 aliphatic rings. The zero-order chi connectivity index (χ0) is 14.7. The van der Waals surface area contributed by atoms with Crippen LogP contribution in [0.15, 0.2) is 30.6 Å². The lowest BCUT2D eigenvalue weighted by molar-refractivity contribution is 0.0924. The van der Waals surface area contributed by atoms with E-state index in [1.807, 2.05) is 36.2 Å². The van der Waals surface area contributed by atoms with Gasteiger partial charge in [0, 0.05) is 12.2 Å². The zero-order valence-corrected chi connectivity index (χ0v) is 13.1. The number of aromatic nitrogens is 2. The molecular weight excluding hydrogens is 282 g/mol. The van der Waals surface area contributed by atoms with Gasteiger partial charge in [0.15, 0.2) is 0 Å². The topological polar surface area (TPSA) is 46.4 Å². The lowest BCUT2D eigenvalue weighted by atomic mass is 9.87. The highest BCUT2D eigenvalue weighted by atomic mass is 32.2. The summed E-state index contributed by atoms with van der Waals surface area (Å²) in [7, 11) is 0. The molecular formula is C16H21N3OS. The lowest BCUT2D eigenvalue weighted by Crippen LogP contribution is -2.38. The summed E-state index contributed by atoms with van der Waals surface area (Å²) >= 11 is 1.93. The van der Waals surface area contributed by atoms with Crippen molar-refractivity contribution in [2.45, 2.75) is 31.7 Å². The van der Waals surface area contributed by atoms with Crippen molar-refractivity contribution in [3.63, 3.8) is 0 Å². The third-order valence-corrected chi connectivity index (χ3v) is 5.07. The van der Waals surface area contributed by atoms with E-state index in [4.69, 9.17) is 0 Å². The molecule has 112 valence electrons. The van der Waals surface area contributed by atoms with Crippen molar-refractivity contribution in [3.8, 4) is 0 Å². The van der Waals surface area contributed by atoms with E-state index >= 15 is 0 Å². The summed E-state index contributed by atoms with van der Waals surface area (Å²) in [6.07, 6.45) is 10.4. The molecule has 3 rings (SSSR count). The van der Waals surface area contributed by atoms with Crippen molar-refractivity contribution in [1.29, 1.82) is 0 Å². The van der Waals surface area contributed by atoms with E-state index in [0.29, 0.717) is 11.6 Å². The van der Waals surface area contributed by atoms with Crippen LogP contribution in [0.25, 0.3) is 5.52 Å². The highest BCUT2D eigenvalue weighted by Crippen LogP contribution is 2.26. The van der Waals surface area contributed by atoms with Crippen molar-refractivity contribution in [1.82, 2.24) is 14.9 Å². The van der Waals surface area contributed by atoms with Gasteiger partial charge in [-0.25, -0.2) is 4.52 Å². The summed E-state index contributed by atoms with van der Waals surface area (Å²) in [5.74, 6) is 2.09. The van der Waals surface area contributed by atoms with Gasteiger partial charge in [-0.1, -0.05) is 0 Å². The van der Waals surface area contributed by atoms with E-state index in [1.54, 1.807) is 10.7 Å². The first-order valence-corrected chi connectivity index (χ1v) is 8.89. The lowest BCUT2D eigenvalue weighted by Gasteiger charge is -2.28. The highest BCUT2D eigenvalue weighted by Gasteiger charge is 2.23. The van der Waals surface area contributed by atoms with E-state index in [1.165, 1.54) is 18.6 Å². The van der Waals surface area contributed by atoms with Gasteiger partial charge in [-0.3, -0.25) is 4.79 Å². The summed E-state index contributed by atoms with van der Waals surface area (Å²) in [4.78, 5) is 12.5. The minimum Gasteiger partial charge on any atom is -0.349 e. The number of rotatable bonds is 4. The normalized spacial score (nSPS) is 22.3. The van der Waals surface area contributed by atoms with Crippen LogP contribution >= 0.6 is 11.8 Å². The van der Waals surface area contributed by atoms with Crippen LogP contribution in [0.4, 0.5) is 0 Å². The van der Waals surface area contributed by atoms with Crippen LogP contribution in [0.1, 0.15) is 36.0 Å². The standard InChI is InChI=1S/C16H21N3OS/c1-21-11-12-4-6-13(7-5-12)18-16(20)14-3-2-10-19-15(14)8-9-17-19/h2-3,8-10,12-13H,4-7,11H2,1H3,(H,18,20). The molecule has 2 aromatic heterocycles. The molecule has 1 fully saturated rings. The maximum atomic E-state index is 12.5. The molecule has 4 nitrogen and oxygen atoms in total. The monoisotopic (exact) mass is 303 g/mol. The van der Waals surface area contributed by atoms with Crippen LogP contribution in [-0.4, -0.2) is 33.6 Å². The molecule has 2 heterocycles. The Hall–Kier alpha value is -1.49. The number of thioether (sulfide) groups is 1. The first-order chi connectivity index (χ1) is 10.3. The second-order valence-electron chi connectivity index (χ2n) is 5.73. The number of carbonyl (C=O) groups excluding carboxylic acids is 1. The Bertz CT molecular complexity index is 617. The predicted molar refractivity (Wildman–Crippen MR) is 86.8 cm³/mol. The second-order valence-corrected chi connectivity index (χ2v) is 6.64. The number of fused-ring (bicyclic) bond motifs is 1. The SMILES string of the molecule is CSCC1CCC(NC(=O)c2cccn3nccc23)CC1. The van der Waals surface area contributed by atoms with Gasteiger partial charge in [0.25, 0.3) is 5.91 Å². The number of amides is 1. The third kappa shape index (κ3) is 3.23. The van der Waals surface area contributed by atoms with Crippen LogP contribution in [0.2, 0.25) is 0 Å². The fourth-order valence-corrected chi connectivity index (χ4v) is 3.92. The Morgan fingerprint density at radius 2 is 2.19 bits per heavy atom. The Kier molecular flexibility index (Phi) is 4.48. The van der Waals surface area contributed by atoms with Crippen LogP contribution in [0, 0.1) is 5.92 Å². The molecule has 5 heteroatoms. The van der Waals surface area contributed by atoms with E-state index < -0.39 is 0 Å². The number of nitrogens with one attached hydrogen (secondary N) is 1. The van der Waals surface area contributed by atoms with Crippen molar-refractivity contribution < 1.29 is 4.79 Å². The molecule has 0 atom stereocenters. The number of hydrogen-bond acceptors (Lipinski definition) is 3. The van der Waals surface area contributed by atoms with E-state index in [9.17, 15) is 4.79 Å². The first-order valence-electron chi connectivity index (χ1n) is 7.50. The van der Waals surface area contributed by atoms with Crippen molar-refractivity contribution in [3.05, 3.63) is 36.2 Å². The molecule has 21 heavy (non-hydrogen) atoms. The number of hydrogen-bond donors (Lipinski definition) is 1. The quantitative estimate of drug-likeness (QED) is 0.944. The van der Waals surface area contributed by atoms with Crippen LogP contribution in [0.3, 0.4) is 0 Å². The molecule has 1 aliphatic carbocycles. The molecule has 0 bridgehead atoms. The minimum absolute atomic E-state index is 0.0226. The third-order valence-electron chi connectivity index (χ3n) is 4.27. The Labute approximate surface area is 129 Å². The van der Waals surface area contributed by atoms with Gasteiger partial charge in [-0.15, -0.1) is 0 Å². The molecule has 0 spiro atoms. The number of pyridine rings is 1. The zero-order valence-electron chi connectivity index (χ0n) is 12.3. The molecule has 0 unspecified atom stereocenters. The Balaban J connectivity index is 1.63. The van der Waals surface area contributed by atoms with Crippen molar-refractivity contribution in [2.24, 2.45) is 5.92 Å². The molecule has 0 saturated heterocycles. The smallest absolute Gasteiger partial charge is 0.253 e. The molecule has 0 aliphatic heterocycles. The Morgan fingerprint density at radius 3 is 2.95 bits per heavy atom. The van der Waals surface area contributed by atoms with Gasteiger partial charge < -0.3 is 5.32 Å². The summed E-state index contributed by atoms with van der Waals surface area (Å²) in [5, 5.41) is 7.37. The van der Waals surface area contributed by atoms with Crippen molar-refractivity contribution >= 4 is 23.2 Å². The second kappa shape index (κ2) is 6.52. The fourth-order valence-electron chi connectivity index (χ4n) is 3.12. The molecule has 1 amide bonds. The summed E-state index contributed by atoms with van der Waals surface area (Å²) < 4.78 is 1.74. The fraction of sp³-hybridized carbons (Fsp3) is 0.500. The van der Waals surface area contributed by atoms with Crippen LogP contribution < -0.4 is 5.32 Å². The largest absolute Gasteiger partial charge is 0.349 e. The molecule has 0 aromatic carbocycles. The van der Waals surface area contributed by atoms with Gasteiger partial charge >= 0.3 is 0 Å². The maximum Gasteiger partial charge on any atom is 0.253 e. The summed E-state index contributed by atoms with van der Waals surface area (Å²) in [6.45, 7) is 0. The number of nitrogens with zero attached hydrogens (tertiary/aromatic N) is 2. The highest BCUT2D eigenvalue weighted by molar-refractivity contribution is 7.98. The summed E-state index contributed by atoms with van der Waals surface area (Å²) in [5.41, 5.74) is 1.58. The Morgan fingerprint density at radius 1 is 1.38 bits per heavy atom. The van der Waals surface area contributed by atoms with Gasteiger partial charge in [-0.2, -0.15) is 16.9 Å². The first kappa shape index (κ1) is 14.4. The van der Waals surface area contributed by atoms with Gasteiger partial charge in [0.2, 0.25) is 0 Å². The average Bonchev–Trinajstić information content (AvgIpc) is 2.98. The van der Waals surface area contributed by atoms with E-state index in [0.717, 1.165) is 24.3 Å². The minimum atomic E-state index is 0.0226. The van der Waals surface area contributed by atoms with Gasteiger partial charge in [-0.05, 0) is 61.8 Å². The van der Waals surface area contributed by atoms with Gasteiger partial charge in [0.1, 0.15) is 0 Å². The molecule has 2 aromatic rings.